The summed E-state index contributed by atoms with van der Waals surface area (Å²) in [5.41, 5.74) is 9.95. The Balaban J connectivity index is 1.61. The fourth-order valence-corrected chi connectivity index (χ4v) is 4.05. The van der Waals surface area contributed by atoms with Crippen molar-refractivity contribution in [2.45, 2.75) is 26.3 Å². The number of anilines is 4. The summed E-state index contributed by atoms with van der Waals surface area (Å²) in [6.07, 6.45) is 0.563. The lowest BCUT2D eigenvalue weighted by molar-refractivity contribution is -0.385. The number of fused-ring (bicyclic) bond motifs is 2. The molecule has 10 nitrogen and oxygen atoms in total. The third kappa shape index (κ3) is 5.13. The van der Waals surface area contributed by atoms with E-state index in [2.05, 4.69) is 16.0 Å². The molecule has 0 aromatic heterocycles. The van der Waals surface area contributed by atoms with Crippen molar-refractivity contribution in [3.8, 4) is 16.9 Å². The highest BCUT2D eigenvalue weighted by Crippen LogP contribution is 2.38. The van der Waals surface area contributed by atoms with E-state index < -0.39 is 11.0 Å². The molecule has 0 fully saturated rings. The minimum atomic E-state index is -0.628. The maximum Gasteiger partial charge on any atom is 0.310 e. The number of nitrogens with one attached hydrogen (secondary N) is 3. The molecule has 5 N–H and O–H groups in total. The van der Waals surface area contributed by atoms with E-state index in [1.54, 1.807) is 48.5 Å². The van der Waals surface area contributed by atoms with Crippen molar-refractivity contribution in [2.24, 2.45) is 11.7 Å². The Morgan fingerprint density at radius 1 is 1.03 bits per heavy atom. The lowest BCUT2D eigenvalue weighted by Gasteiger charge is -2.16. The van der Waals surface area contributed by atoms with Gasteiger partial charge in [0.05, 0.1) is 40.7 Å². The summed E-state index contributed by atoms with van der Waals surface area (Å²) < 4.78 is 5.18. The first-order valence-electron chi connectivity index (χ1n) is 11.4. The second-order valence-corrected chi connectivity index (χ2v) is 8.97. The van der Waals surface area contributed by atoms with Gasteiger partial charge in [0.25, 0.3) is 5.91 Å². The lowest BCUT2D eigenvalue weighted by Crippen LogP contribution is -2.36. The molecule has 1 aliphatic heterocycles. The first-order chi connectivity index (χ1) is 17.2. The topological polar surface area (TPSA) is 149 Å². The van der Waals surface area contributed by atoms with E-state index in [0.717, 1.165) is 5.56 Å². The number of nitro benzene ring substituents is 1. The van der Waals surface area contributed by atoms with Crippen molar-refractivity contribution < 1.29 is 19.2 Å². The quantitative estimate of drug-likeness (QED) is 0.273. The number of hydrogen-bond acceptors (Lipinski definition) is 7. The number of amides is 2. The van der Waals surface area contributed by atoms with Gasteiger partial charge in [-0.1, -0.05) is 19.9 Å². The standard InChI is InChI=1S/C26H27N5O5/c1-14(2)10-19(27)26(33)28-17-6-8-20-22(13-17)30-25(32)18-7-4-15(11-21(18)29-20)16-5-9-23(31(34)35)24(12-16)36-3/h4-9,11-14,19,29H,10,27H2,1-3H3,(H,28,33)(H,30,32)/t19-/m0/s1. The number of nitrogens with two attached hydrogens (primary N) is 1. The fraction of sp³-hybridized carbons (Fsp3) is 0.231. The zero-order chi connectivity index (χ0) is 26.0. The number of nitrogens with zero attached hydrogens (tertiary/aromatic N) is 1. The molecule has 0 bridgehead atoms. The minimum absolute atomic E-state index is 0.129. The smallest absolute Gasteiger partial charge is 0.310 e. The highest BCUT2D eigenvalue weighted by Gasteiger charge is 2.22. The summed E-state index contributed by atoms with van der Waals surface area (Å²) in [6.45, 7) is 4.00. The van der Waals surface area contributed by atoms with Gasteiger partial charge in [0, 0.05) is 11.8 Å². The maximum absolute atomic E-state index is 12.9. The first kappa shape index (κ1) is 24.7. The SMILES string of the molecule is COc1cc(-c2ccc3c(c2)Nc2ccc(NC(=O)[C@@H](N)CC(C)C)cc2NC3=O)ccc1[N+](=O)[O-]. The van der Waals surface area contributed by atoms with Crippen LogP contribution < -0.4 is 26.4 Å². The van der Waals surface area contributed by atoms with Crippen LogP contribution in [0.3, 0.4) is 0 Å². The normalized spacial score (nSPS) is 13.0. The molecular formula is C26H27N5O5. The Morgan fingerprint density at radius 3 is 2.44 bits per heavy atom. The molecule has 36 heavy (non-hydrogen) atoms. The third-order valence-electron chi connectivity index (χ3n) is 5.84. The maximum atomic E-state index is 12.9. The second kappa shape index (κ2) is 10.0. The zero-order valence-corrected chi connectivity index (χ0v) is 20.1. The van der Waals surface area contributed by atoms with Crippen molar-refractivity contribution in [3.05, 3.63) is 70.3 Å². The van der Waals surface area contributed by atoms with E-state index in [9.17, 15) is 19.7 Å². The van der Waals surface area contributed by atoms with Crippen LogP contribution in [0, 0.1) is 16.0 Å². The molecule has 1 atom stereocenters. The molecule has 0 saturated carbocycles. The molecule has 1 heterocycles. The summed E-state index contributed by atoms with van der Waals surface area (Å²) >= 11 is 0. The van der Waals surface area contributed by atoms with Crippen molar-refractivity contribution >= 4 is 40.3 Å². The molecule has 2 amide bonds. The average molecular weight is 490 g/mol. The second-order valence-electron chi connectivity index (χ2n) is 8.97. The van der Waals surface area contributed by atoms with Crippen LogP contribution in [0.2, 0.25) is 0 Å². The predicted octanol–water partition coefficient (Wildman–Crippen LogP) is 4.89. The number of hydrogen-bond donors (Lipinski definition) is 4. The van der Waals surface area contributed by atoms with Crippen LogP contribution in [-0.4, -0.2) is 29.9 Å². The number of rotatable bonds is 7. The Bertz CT molecular complexity index is 1350. The van der Waals surface area contributed by atoms with Gasteiger partial charge in [-0.25, -0.2) is 0 Å². The van der Waals surface area contributed by atoms with E-state index >= 15 is 0 Å². The van der Waals surface area contributed by atoms with E-state index in [-0.39, 0.29) is 29.2 Å². The largest absolute Gasteiger partial charge is 0.490 e. The van der Waals surface area contributed by atoms with Gasteiger partial charge in [-0.15, -0.1) is 0 Å². The summed E-state index contributed by atoms with van der Waals surface area (Å²) in [6, 6.07) is 14.4. The molecule has 0 aliphatic carbocycles. The molecule has 186 valence electrons. The summed E-state index contributed by atoms with van der Waals surface area (Å²) in [7, 11) is 1.38. The van der Waals surface area contributed by atoms with Gasteiger partial charge in [-0.05, 0) is 65.9 Å². The summed E-state index contributed by atoms with van der Waals surface area (Å²) in [5, 5.41) is 20.2. The predicted molar refractivity (Wildman–Crippen MR) is 139 cm³/mol. The molecule has 0 spiro atoms. The zero-order valence-electron chi connectivity index (χ0n) is 20.1. The number of carbonyl (C=O) groups excluding carboxylic acids is 2. The lowest BCUT2D eigenvalue weighted by atomic mass is 10.0. The summed E-state index contributed by atoms with van der Waals surface area (Å²) in [5.74, 6) is -0.171. The molecule has 0 radical (unpaired) electrons. The highest BCUT2D eigenvalue weighted by atomic mass is 16.6. The minimum Gasteiger partial charge on any atom is -0.490 e. The number of ether oxygens (including phenoxy) is 1. The molecule has 0 unspecified atom stereocenters. The first-order valence-corrected chi connectivity index (χ1v) is 11.4. The van der Waals surface area contributed by atoms with Crippen LogP contribution in [0.5, 0.6) is 5.75 Å². The van der Waals surface area contributed by atoms with Crippen LogP contribution in [0.15, 0.2) is 54.6 Å². The van der Waals surface area contributed by atoms with Gasteiger partial charge in [0.2, 0.25) is 5.91 Å². The number of benzene rings is 3. The van der Waals surface area contributed by atoms with Gasteiger partial charge in [0.15, 0.2) is 5.75 Å². The molecule has 1 aliphatic rings. The molecule has 3 aromatic rings. The van der Waals surface area contributed by atoms with Crippen molar-refractivity contribution in [1.82, 2.24) is 0 Å². The van der Waals surface area contributed by atoms with Gasteiger partial charge in [-0.2, -0.15) is 0 Å². The molecule has 3 aromatic carbocycles. The Morgan fingerprint density at radius 2 is 1.75 bits per heavy atom. The van der Waals surface area contributed by atoms with E-state index in [4.69, 9.17) is 10.5 Å². The van der Waals surface area contributed by atoms with E-state index in [1.165, 1.54) is 13.2 Å². The van der Waals surface area contributed by atoms with Gasteiger partial charge in [0.1, 0.15) is 0 Å². The number of methoxy groups -OCH3 is 1. The van der Waals surface area contributed by atoms with E-state index in [0.29, 0.717) is 40.3 Å². The third-order valence-corrected chi connectivity index (χ3v) is 5.84. The average Bonchev–Trinajstić information content (AvgIpc) is 2.97. The van der Waals surface area contributed by atoms with Gasteiger partial charge >= 0.3 is 5.69 Å². The van der Waals surface area contributed by atoms with Gasteiger partial charge in [-0.3, -0.25) is 19.7 Å². The monoisotopic (exact) mass is 489 g/mol. The molecule has 0 saturated heterocycles. The highest BCUT2D eigenvalue weighted by molar-refractivity contribution is 6.13. The van der Waals surface area contributed by atoms with Crippen LogP contribution in [0.1, 0.15) is 30.6 Å². The van der Waals surface area contributed by atoms with Crippen LogP contribution in [-0.2, 0) is 4.79 Å². The molecule has 4 rings (SSSR count). The Hall–Kier alpha value is -4.44. The van der Waals surface area contributed by atoms with Crippen molar-refractivity contribution in [3.63, 3.8) is 0 Å². The van der Waals surface area contributed by atoms with Gasteiger partial charge < -0.3 is 26.4 Å². The summed E-state index contributed by atoms with van der Waals surface area (Å²) in [4.78, 5) is 36.1. The number of nitro groups is 1. The van der Waals surface area contributed by atoms with Crippen molar-refractivity contribution in [2.75, 3.05) is 23.1 Å². The Kier molecular flexibility index (Phi) is 6.89. The van der Waals surface area contributed by atoms with Crippen molar-refractivity contribution in [1.29, 1.82) is 0 Å². The van der Waals surface area contributed by atoms with Crippen LogP contribution >= 0.6 is 0 Å². The van der Waals surface area contributed by atoms with E-state index in [1.807, 2.05) is 13.8 Å². The van der Waals surface area contributed by atoms with Crippen LogP contribution in [0.25, 0.3) is 11.1 Å². The Labute approximate surface area is 208 Å². The fourth-order valence-electron chi connectivity index (χ4n) is 4.05. The number of carbonyl (C=O) groups is 2. The molecule has 10 heteroatoms. The van der Waals surface area contributed by atoms with Crippen LogP contribution in [0.4, 0.5) is 28.4 Å². The molecular weight excluding hydrogens is 462 g/mol.